The largest absolute Gasteiger partial charge is 0.477 e. The highest BCUT2D eigenvalue weighted by Crippen LogP contribution is 2.42. The lowest BCUT2D eigenvalue weighted by molar-refractivity contribution is -0.125. The molecule has 0 unspecified atom stereocenters. The Hall–Kier alpha value is -7.36. The Kier molecular flexibility index (Phi) is 39.5. The van der Waals surface area contributed by atoms with Crippen LogP contribution in [0.4, 0.5) is 22.7 Å². The van der Waals surface area contributed by atoms with Gasteiger partial charge in [0.2, 0.25) is 23.6 Å². The molecule has 20 nitrogen and oxygen atoms in total. The van der Waals surface area contributed by atoms with Crippen LogP contribution in [-0.2, 0) is 38.1 Å². The molecule has 4 aromatic rings. The van der Waals surface area contributed by atoms with Crippen LogP contribution in [0.2, 0.25) is 0 Å². The summed E-state index contributed by atoms with van der Waals surface area (Å²) in [4.78, 5) is 112. The highest BCUT2D eigenvalue weighted by atomic mass is 32.1. The van der Waals surface area contributed by atoms with Gasteiger partial charge >= 0.3 is 23.9 Å². The first kappa shape index (κ1) is 101. The van der Waals surface area contributed by atoms with Crippen molar-refractivity contribution < 1.29 is 77.7 Å². The van der Waals surface area contributed by atoms with E-state index >= 15 is 0 Å². The van der Waals surface area contributed by atoms with Crippen LogP contribution >= 0.6 is 45.3 Å². The first-order valence-electron chi connectivity index (χ1n) is 41.9. The average Bonchev–Trinajstić information content (AvgIpc) is 1.64. The van der Waals surface area contributed by atoms with Crippen LogP contribution < -0.4 is 19.6 Å². The van der Waals surface area contributed by atoms with Crippen molar-refractivity contribution in [3.8, 4) is 47.4 Å². The molecule has 0 aliphatic heterocycles. The molecule has 24 heteroatoms. The van der Waals surface area contributed by atoms with Gasteiger partial charge in [0.25, 0.3) is 0 Å². The van der Waals surface area contributed by atoms with E-state index in [0.29, 0.717) is 92.2 Å². The normalized spacial score (nSPS) is 20.4. The SMILES string of the molecule is COC[C@@H](C)N(C(=O)C1CCC(C)CC1)c1cc(C#CC(C)(C)C)sc1C(=O)O.COC[C@H](C(C)C)N(C(=O)C1CCC(C)CC1)c1cc(C#CC(C)(C)C)sc1C(=O)O.CO[C@@H](C)CN(C(=O)C1CCC(C)CC1)c1cc(C#CC(C)(C)C)sc1C(=O)O.CO[C@H](C)CN(C(=O)C1CCC(C)CC1)c1cc(C#CC(C)(C)C)sc1C(=O)O. The summed E-state index contributed by atoms with van der Waals surface area (Å²) in [6.45, 7) is 44.1. The Balaban J connectivity index is 0.000000280. The summed E-state index contributed by atoms with van der Waals surface area (Å²) in [5.74, 6) is 23.2. The van der Waals surface area contributed by atoms with Crippen LogP contribution in [0.5, 0.6) is 0 Å². The molecule has 4 aliphatic carbocycles. The number of amides is 4. The highest BCUT2D eigenvalue weighted by molar-refractivity contribution is 7.16. The number of methoxy groups -OCH3 is 4. The number of carbonyl (C=O) groups is 8. The molecular weight excluding hydrogens is 1570 g/mol. The number of carboxylic acids is 4. The second-order valence-corrected chi connectivity index (χ2v) is 41.5. The van der Waals surface area contributed by atoms with E-state index in [0.717, 1.165) is 148 Å². The van der Waals surface area contributed by atoms with Crippen LogP contribution in [-0.4, -0.2) is 147 Å². The van der Waals surface area contributed by atoms with Gasteiger partial charge in [-0.1, -0.05) is 88.9 Å². The van der Waals surface area contributed by atoms with E-state index < -0.39 is 23.9 Å². The van der Waals surface area contributed by atoms with Crippen LogP contribution in [0.1, 0.15) is 306 Å². The molecule has 4 fully saturated rings. The maximum absolute atomic E-state index is 13.8. The van der Waals surface area contributed by atoms with Crippen molar-refractivity contribution in [1.82, 2.24) is 0 Å². The molecule has 4 heterocycles. The smallest absolute Gasteiger partial charge is 0.348 e. The van der Waals surface area contributed by atoms with E-state index in [1.54, 1.807) is 72.3 Å². The molecule has 4 atom stereocenters. The molecule has 4 aromatic heterocycles. The molecule has 652 valence electrons. The number of carboxylic acid groups (broad SMARTS) is 4. The summed E-state index contributed by atoms with van der Waals surface area (Å²) < 4.78 is 21.5. The molecule has 4 aliphatic rings. The van der Waals surface area contributed by atoms with Gasteiger partial charge in [0, 0.05) is 73.8 Å². The molecular formula is C94H136N4O16S4. The van der Waals surface area contributed by atoms with Crippen molar-refractivity contribution >= 4 is 116 Å². The van der Waals surface area contributed by atoms with E-state index in [4.69, 9.17) is 18.9 Å². The zero-order valence-electron chi connectivity index (χ0n) is 75.1. The summed E-state index contributed by atoms with van der Waals surface area (Å²) in [5, 5.41) is 39.2. The average molecular weight is 1710 g/mol. The number of anilines is 4. The lowest BCUT2D eigenvalue weighted by Crippen LogP contribution is -2.49. The maximum Gasteiger partial charge on any atom is 0.348 e. The second kappa shape index (κ2) is 46.0. The van der Waals surface area contributed by atoms with Gasteiger partial charge in [-0.3, -0.25) is 19.2 Å². The quantitative estimate of drug-likeness (QED) is 0.0449. The van der Waals surface area contributed by atoms with E-state index in [1.807, 2.05) is 118 Å². The fourth-order valence-electron chi connectivity index (χ4n) is 14.4. The summed E-state index contributed by atoms with van der Waals surface area (Å²) >= 11 is 4.52. The number of hydrogen-bond acceptors (Lipinski definition) is 16. The monoisotopic (exact) mass is 1700 g/mol. The molecule has 0 radical (unpaired) electrons. The minimum atomic E-state index is -1.03. The van der Waals surface area contributed by atoms with Crippen molar-refractivity contribution in [3.63, 3.8) is 0 Å². The van der Waals surface area contributed by atoms with Gasteiger partial charge in [0.05, 0.1) is 92.9 Å². The predicted molar refractivity (Wildman–Crippen MR) is 479 cm³/mol. The third-order valence-electron chi connectivity index (χ3n) is 21.4. The lowest BCUT2D eigenvalue weighted by atomic mass is 9.82. The van der Waals surface area contributed by atoms with E-state index in [9.17, 15) is 58.8 Å². The number of thiophene rings is 4. The standard InChI is InChI=1S/C25H37NO4S.3C23H33NO4S/c1-16(2)21(15-30-7)26(23(27)18-10-8-17(3)9-11-18)20-14-19(12-13-25(4,5)6)31-22(20)24(28)29;1-15-7-9-17(10-8-15)21(25)24(16(2)14-28-6)19-13-18(11-12-23(3,4)5)29-20(19)22(26)27;2*1-15-7-9-17(10-8-15)21(25)24(14-16(2)28-6)19-13-18(11-12-23(3,4)5)29-20(19)22(26)27/h14,16-18,21H,8-11,15H2,1-7H3,(H,28,29);3*13,15-17H,7-10,14H2,1-6H3,(H,26,27)/t17?,18?,21-;3*15?,16-,17?/m1110/s1. The van der Waals surface area contributed by atoms with Gasteiger partial charge in [0.1, 0.15) is 19.5 Å². The van der Waals surface area contributed by atoms with Crippen molar-refractivity contribution in [2.75, 3.05) is 74.3 Å². The maximum atomic E-state index is 13.8. The van der Waals surface area contributed by atoms with Gasteiger partial charge < -0.3 is 59.0 Å². The summed E-state index contributed by atoms with van der Waals surface area (Å²) in [6.07, 6.45) is 14.6. The van der Waals surface area contributed by atoms with Crippen molar-refractivity contribution in [2.45, 2.75) is 272 Å². The summed E-state index contributed by atoms with van der Waals surface area (Å²) in [6, 6.07) is 6.52. The molecule has 118 heavy (non-hydrogen) atoms. The minimum Gasteiger partial charge on any atom is -0.477 e. The molecule has 4 saturated carbocycles. The fourth-order valence-corrected chi connectivity index (χ4v) is 17.8. The van der Waals surface area contributed by atoms with Crippen LogP contribution in [0, 0.1) is 122 Å². The molecule has 0 aromatic carbocycles. The third kappa shape index (κ3) is 31.9. The van der Waals surface area contributed by atoms with Gasteiger partial charge in [-0.15, -0.1) is 45.3 Å². The van der Waals surface area contributed by atoms with Crippen molar-refractivity contribution in [1.29, 1.82) is 0 Å². The topological polar surface area (TPSA) is 267 Å². The number of ether oxygens (including phenoxy) is 4. The first-order chi connectivity index (χ1) is 55.0. The van der Waals surface area contributed by atoms with Gasteiger partial charge in [0.15, 0.2) is 0 Å². The van der Waals surface area contributed by atoms with Crippen LogP contribution in [0.25, 0.3) is 0 Å². The molecule has 4 amide bonds. The Morgan fingerprint density at radius 1 is 0.373 bits per heavy atom. The molecule has 0 spiro atoms. The Morgan fingerprint density at radius 2 is 0.610 bits per heavy atom. The molecule has 8 rings (SSSR count). The Morgan fingerprint density at radius 3 is 0.847 bits per heavy atom. The van der Waals surface area contributed by atoms with Crippen LogP contribution in [0.3, 0.4) is 0 Å². The lowest BCUT2D eigenvalue weighted by Gasteiger charge is -2.37. The number of rotatable bonds is 25. The van der Waals surface area contributed by atoms with Gasteiger partial charge in [-0.25, -0.2) is 19.2 Å². The number of hydrogen-bond donors (Lipinski definition) is 4. The summed E-state index contributed by atoms with van der Waals surface area (Å²) in [5.41, 5.74) is 1.01. The highest BCUT2D eigenvalue weighted by Gasteiger charge is 2.40. The second-order valence-electron chi connectivity index (χ2n) is 37.3. The number of carbonyl (C=O) groups excluding carboxylic acids is 4. The predicted octanol–water partition coefficient (Wildman–Crippen LogP) is 20.8. The van der Waals surface area contributed by atoms with Crippen LogP contribution in [0.15, 0.2) is 24.3 Å². The zero-order chi connectivity index (χ0) is 88.6. The number of aromatic carboxylic acids is 4. The molecule has 0 saturated heterocycles. The van der Waals surface area contributed by atoms with Crippen molar-refractivity contribution in [2.24, 2.45) is 74.9 Å². The third-order valence-corrected chi connectivity index (χ3v) is 25.5. The van der Waals surface area contributed by atoms with Gasteiger partial charge in [-0.2, -0.15) is 0 Å². The van der Waals surface area contributed by atoms with Gasteiger partial charge in [-0.05, 0) is 260 Å². The summed E-state index contributed by atoms with van der Waals surface area (Å²) in [7, 11) is 6.41. The zero-order valence-corrected chi connectivity index (χ0v) is 78.3. The van der Waals surface area contributed by atoms with E-state index in [-0.39, 0.29) is 119 Å². The molecule has 4 N–H and O–H groups in total. The fraction of sp³-hybridized carbons (Fsp3) is 0.660. The van der Waals surface area contributed by atoms with Crippen molar-refractivity contribution in [3.05, 3.63) is 63.3 Å². The first-order valence-corrected chi connectivity index (χ1v) is 45.2. The molecule has 0 bridgehead atoms. The minimum absolute atomic E-state index is 0.00270. The van der Waals surface area contributed by atoms with E-state index in [2.05, 4.69) is 75.1 Å². The van der Waals surface area contributed by atoms with E-state index in [1.165, 1.54) is 0 Å². The number of nitrogens with zero attached hydrogens (tertiary/aromatic N) is 4. The Bertz CT molecular complexity index is 4150. The Labute approximate surface area is 721 Å².